The van der Waals surface area contributed by atoms with Gasteiger partial charge in [0.15, 0.2) is 11.6 Å². The SMILES string of the molecule is CCCc1ccc(-c2ccc(CC(Br)C(F)(F)Br)c(F)c2F)cc1. The molecule has 0 bridgehead atoms. The molecule has 0 fully saturated rings. The molecular weight excluding hydrogens is 452 g/mol. The first-order valence-electron chi connectivity index (χ1n) is 7.51. The van der Waals surface area contributed by atoms with Crippen molar-refractivity contribution in [2.75, 3.05) is 0 Å². The van der Waals surface area contributed by atoms with Crippen LogP contribution in [0.3, 0.4) is 0 Å². The van der Waals surface area contributed by atoms with Crippen LogP contribution < -0.4 is 0 Å². The van der Waals surface area contributed by atoms with Crippen LogP contribution in [0.25, 0.3) is 11.1 Å². The minimum absolute atomic E-state index is 0.0974. The Bertz CT molecular complexity index is 693. The number of halogens is 6. The Kier molecular flexibility index (Phi) is 6.48. The molecular formula is C18H16Br2F4. The molecule has 0 radical (unpaired) electrons. The highest BCUT2D eigenvalue weighted by Crippen LogP contribution is 2.35. The molecule has 24 heavy (non-hydrogen) atoms. The van der Waals surface area contributed by atoms with Crippen molar-refractivity contribution in [3.05, 3.63) is 59.2 Å². The normalized spacial score (nSPS) is 13.1. The Hall–Kier alpha value is -0.880. The lowest BCUT2D eigenvalue weighted by molar-refractivity contribution is 0.113. The summed E-state index contributed by atoms with van der Waals surface area (Å²) in [6.45, 7) is 2.06. The zero-order chi connectivity index (χ0) is 17.9. The van der Waals surface area contributed by atoms with Crippen molar-refractivity contribution < 1.29 is 17.6 Å². The molecule has 1 unspecified atom stereocenters. The molecule has 0 nitrogen and oxygen atoms in total. The molecule has 0 aliphatic heterocycles. The number of hydrogen-bond acceptors (Lipinski definition) is 0. The summed E-state index contributed by atoms with van der Waals surface area (Å²) in [6, 6.07) is 10.0. The molecule has 0 amide bonds. The first-order valence-corrected chi connectivity index (χ1v) is 9.21. The third-order valence-electron chi connectivity index (χ3n) is 3.72. The van der Waals surface area contributed by atoms with E-state index in [9.17, 15) is 17.6 Å². The summed E-state index contributed by atoms with van der Waals surface area (Å²) >= 11 is 5.01. The molecule has 0 aliphatic rings. The lowest BCUT2D eigenvalue weighted by Gasteiger charge is -2.17. The zero-order valence-electron chi connectivity index (χ0n) is 12.9. The van der Waals surface area contributed by atoms with E-state index >= 15 is 0 Å². The minimum atomic E-state index is -3.20. The smallest absolute Gasteiger partial charge is 0.203 e. The third-order valence-corrected chi connectivity index (χ3v) is 5.79. The van der Waals surface area contributed by atoms with Crippen LogP contribution in [0.1, 0.15) is 24.5 Å². The van der Waals surface area contributed by atoms with Crippen LogP contribution in [0.4, 0.5) is 17.6 Å². The number of alkyl halides is 4. The number of aryl methyl sites for hydroxylation is 1. The molecule has 0 saturated carbocycles. The number of benzene rings is 2. The molecule has 0 heterocycles. The van der Waals surface area contributed by atoms with Gasteiger partial charge in [-0.05, 0) is 45.5 Å². The van der Waals surface area contributed by atoms with Crippen molar-refractivity contribution in [3.63, 3.8) is 0 Å². The fraction of sp³-hybridized carbons (Fsp3) is 0.333. The largest absolute Gasteiger partial charge is 0.314 e. The van der Waals surface area contributed by atoms with Gasteiger partial charge in [-0.3, -0.25) is 0 Å². The molecule has 2 aromatic rings. The molecule has 0 saturated heterocycles. The van der Waals surface area contributed by atoms with Crippen LogP contribution in [-0.4, -0.2) is 9.66 Å². The highest BCUT2D eigenvalue weighted by molar-refractivity contribution is 9.12. The summed E-state index contributed by atoms with van der Waals surface area (Å²) in [5, 5.41) is 0. The van der Waals surface area contributed by atoms with Gasteiger partial charge in [-0.2, -0.15) is 8.78 Å². The quantitative estimate of drug-likeness (QED) is 0.321. The molecule has 2 aromatic carbocycles. The van der Waals surface area contributed by atoms with Crippen molar-refractivity contribution in [1.29, 1.82) is 0 Å². The van der Waals surface area contributed by atoms with Gasteiger partial charge in [0.05, 0.1) is 4.83 Å². The Morgan fingerprint density at radius 2 is 1.62 bits per heavy atom. The van der Waals surface area contributed by atoms with Gasteiger partial charge >= 0.3 is 4.83 Å². The molecule has 2 rings (SSSR count). The number of hydrogen-bond donors (Lipinski definition) is 0. The first-order chi connectivity index (χ1) is 11.2. The Morgan fingerprint density at radius 1 is 1.00 bits per heavy atom. The van der Waals surface area contributed by atoms with Gasteiger partial charge in [-0.15, -0.1) is 0 Å². The van der Waals surface area contributed by atoms with Crippen LogP contribution in [0, 0.1) is 11.6 Å². The topological polar surface area (TPSA) is 0 Å². The van der Waals surface area contributed by atoms with Crippen molar-refractivity contribution in [2.24, 2.45) is 0 Å². The van der Waals surface area contributed by atoms with Gasteiger partial charge in [0.2, 0.25) is 0 Å². The van der Waals surface area contributed by atoms with Crippen LogP contribution in [0.5, 0.6) is 0 Å². The van der Waals surface area contributed by atoms with Crippen molar-refractivity contribution >= 4 is 31.9 Å². The third kappa shape index (κ3) is 4.60. The Morgan fingerprint density at radius 3 is 2.17 bits per heavy atom. The summed E-state index contributed by atoms with van der Waals surface area (Å²) in [4.78, 5) is -4.54. The molecule has 0 aromatic heterocycles. The predicted octanol–water partition coefficient (Wildman–Crippen LogP) is 6.88. The molecule has 6 heteroatoms. The summed E-state index contributed by atoms with van der Waals surface area (Å²) in [6.07, 6.45) is 1.59. The standard InChI is InChI=1S/C18H16Br2F4/c1-2-3-11-4-6-12(7-5-11)14-9-8-13(16(21)17(14)22)10-15(19)18(20,23)24/h4-9,15H,2-3,10H2,1H3. The first kappa shape index (κ1) is 19.4. The second-order valence-electron chi connectivity index (χ2n) is 5.56. The van der Waals surface area contributed by atoms with Gasteiger partial charge in [0.1, 0.15) is 0 Å². The zero-order valence-corrected chi connectivity index (χ0v) is 16.1. The van der Waals surface area contributed by atoms with Crippen LogP contribution in [0.15, 0.2) is 36.4 Å². The van der Waals surface area contributed by atoms with E-state index in [0.29, 0.717) is 5.56 Å². The number of rotatable bonds is 6. The van der Waals surface area contributed by atoms with E-state index in [1.54, 1.807) is 12.1 Å². The minimum Gasteiger partial charge on any atom is -0.203 e. The van der Waals surface area contributed by atoms with E-state index in [1.165, 1.54) is 12.1 Å². The summed E-state index contributed by atoms with van der Waals surface area (Å²) in [5.41, 5.74) is 1.70. The Balaban J connectivity index is 2.29. The fourth-order valence-corrected chi connectivity index (χ4v) is 2.93. The molecule has 1 atom stereocenters. The van der Waals surface area contributed by atoms with Gasteiger partial charge < -0.3 is 0 Å². The monoisotopic (exact) mass is 466 g/mol. The lowest BCUT2D eigenvalue weighted by atomic mass is 9.99. The summed E-state index contributed by atoms with van der Waals surface area (Å²) in [7, 11) is 0. The van der Waals surface area contributed by atoms with E-state index in [4.69, 9.17) is 0 Å². The van der Waals surface area contributed by atoms with Gasteiger partial charge in [0.25, 0.3) is 0 Å². The fourth-order valence-electron chi connectivity index (χ4n) is 2.42. The maximum absolute atomic E-state index is 14.4. The van der Waals surface area contributed by atoms with E-state index in [1.807, 2.05) is 12.1 Å². The highest BCUT2D eigenvalue weighted by atomic mass is 79.9. The van der Waals surface area contributed by atoms with Crippen molar-refractivity contribution in [1.82, 2.24) is 0 Å². The maximum Gasteiger partial charge on any atom is 0.314 e. The van der Waals surface area contributed by atoms with Crippen molar-refractivity contribution in [2.45, 2.75) is 35.8 Å². The average Bonchev–Trinajstić information content (AvgIpc) is 2.52. The second-order valence-corrected chi connectivity index (χ2v) is 7.72. The van der Waals surface area contributed by atoms with Crippen LogP contribution in [0.2, 0.25) is 0 Å². The predicted molar refractivity (Wildman–Crippen MR) is 96.1 cm³/mol. The molecule has 0 N–H and O–H groups in total. The Labute approximate surface area is 155 Å². The maximum atomic E-state index is 14.4. The molecule has 0 spiro atoms. The van der Waals surface area contributed by atoms with Crippen LogP contribution in [-0.2, 0) is 12.8 Å². The van der Waals surface area contributed by atoms with Gasteiger partial charge in [0, 0.05) is 5.56 Å². The van der Waals surface area contributed by atoms with Crippen molar-refractivity contribution in [3.8, 4) is 11.1 Å². The average molecular weight is 468 g/mol. The summed E-state index contributed by atoms with van der Waals surface area (Å²) < 4.78 is 54.9. The van der Waals surface area contributed by atoms with E-state index in [2.05, 4.69) is 38.8 Å². The highest BCUT2D eigenvalue weighted by Gasteiger charge is 2.35. The van der Waals surface area contributed by atoms with Gasteiger partial charge in [-0.1, -0.05) is 65.7 Å². The van der Waals surface area contributed by atoms with E-state index in [-0.39, 0.29) is 17.5 Å². The van der Waals surface area contributed by atoms with Gasteiger partial charge in [-0.25, -0.2) is 8.78 Å². The van der Waals surface area contributed by atoms with E-state index in [0.717, 1.165) is 18.4 Å². The lowest BCUT2D eigenvalue weighted by Crippen LogP contribution is -2.23. The summed E-state index contributed by atoms with van der Waals surface area (Å²) in [5.74, 6) is -2.11. The van der Waals surface area contributed by atoms with E-state index < -0.39 is 21.3 Å². The van der Waals surface area contributed by atoms with Crippen LogP contribution >= 0.6 is 31.9 Å². The second kappa shape index (κ2) is 8.00. The molecule has 0 aliphatic carbocycles. The molecule has 130 valence electrons.